The number of benzene rings is 1. The smallest absolute Gasteiger partial charge is 0.221 e. The zero-order valence-corrected chi connectivity index (χ0v) is 9.29. The molecule has 1 fully saturated rings. The van der Waals surface area contributed by atoms with Crippen LogP contribution in [-0.4, -0.2) is 17.6 Å². The van der Waals surface area contributed by atoms with Crippen LogP contribution in [0.5, 0.6) is 5.75 Å². The molecule has 4 heteroatoms. The molecule has 1 aliphatic heterocycles. The quantitative estimate of drug-likeness (QED) is 0.666. The fourth-order valence-corrected chi connectivity index (χ4v) is 2.11. The minimum Gasteiger partial charge on any atom is -0.506 e. The van der Waals surface area contributed by atoms with Gasteiger partial charge in [-0.1, -0.05) is 12.1 Å². The molecule has 1 amide bonds. The number of phenols is 1. The first-order valence-electron chi connectivity index (χ1n) is 5.51. The summed E-state index contributed by atoms with van der Waals surface area (Å²) in [6.45, 7) is 2.43. The standard InChI is InChI=1S/C12H16N2O2/c1-8(15)14-12-9(4-2-6-11(12)16)10-5-3-7-13-10/h2,4,6,10,13,16H,3,5,7H2,1H3,(H,14,15). The van der Waals surface area contributed by atoms with Crippen LogP contribution in [0.2, 0.25) is 0 Å². The summed E-state index contributed by atoms with van der Waals surface area (Å²) in [4.78, 5) is 11.1. The van der Waals surface area contributed by atoms with E-state index < -0.39 is 0 Å². The van der Waals surface area contributed by atoms with Gasteiger partial charge in [-0.3, -0.25) is 4.79 Å². The average Bonchev–Trinajstić information content (AvgIpc) is 2.73. The highest BCUT2D eigenvalue weighted by Gasteiger charge is 2.21. The van der Waals surface area contributed by atoms with E-state index in [4.69, 9.17) is 0 Å². The molecule has 1 aliphatic rings. The molecule has 1 saturated heterocycles. The first-order chi connectivity index (χ1) is 7.68. The first-order valence-corrected chi connectivity index (χ1v) is 5.51. The summed E-state index contributed by atoms with van der Waals surface area (Å²) in [5, 5.41) is 15.8. The van der Waals surface area contributed by atoms with E-state index in [1.807, 2.05) is 6.07 Å². The lowest BCUT2D eigenvalue weighted by molar-refractivity contribution is -0.114. The van der Waals surface area contributed by atoms with E-state index in [2.05, 4.69) is 10.6 Å². The van der Waals surface area contributed by atoms with Gasteiger partial charge in [0.1, 0.15) is 5.75 Å². The molecule has 1 aromatic carbocycles. The molecule has 1 atom stereocenters. The zero-order chi connectivity index (χ0) is 11.5. The van der Waals surface area contributed by atoms with Crippen LogP contribution in [0.4, 0.5) is 5.69 Å². The maximum Gasteiger partial charge on any atom is 0.221 e. The second-order valence-electron chi connectivity index (χ2n) is 4.07. The Balaban J connectivity index is 2.34. The van der Waals surface area contributed by atoms with Gasteiger partial charge >= 0.3 is 0 Å². The van der Waals surface area contributed by atoms with Crippen LogP contribution in [0, 0.1) is 0 Å². The van der Waals surface area contributed by atoms with Crippen molar-refractivity contribution in [3.63, 3.8) is 0 Å². The lowest BCUT2D eigenvalue weighted by Gasteiger charge is -2.17. The summed E-state index contributed by atoms with van der Waals surface area (Å²) in [6, 6.07) is 5.56. The first kappa shape index (κ1) is 11.0. The second kappa shape index (κ2) is 4.53. The third-order valence-corrected chi connectivity index (χ3v) is 2.81. The maximum absolute atomic E-state index is 11.1. The summed E-state index contributed by atoms with van der Waals surface area (Å²) in [5.74, 6) is -0.0397. The molecule has 86 valence electrons. The van der Waals surface area contributed by atoms with Crippen LogP contribution in [0.1, 0.15) is 31.4 Å². The van der Waals surface area contributed by atoms with Crippen LogP contribution >= 0.6 is 0 Å². The molecule has 0 aromatic heterocycles. The van der Waals surface area contributed by atoms with Gasteiger partial charge in [0, 0.05) is 13.0 Å². The molecular weight excluding hydrogens is 204 g/mol. The minimum absolute atomic E-state index is 0.126. The van der Waals surface area contributed by atoms with Crippen LogP contribution in [0.25, 0.3) is 0 Å². The van der Waals surface area contributed by atoms with E-state index in [0.717, 1.165) is 24.9 Å². The van der Waals surface area contributed by atoms with Crippen molar-refractivity contribution < 1.29 is 9.90 Å². The average molecular weight is 220 g/mol. The lowest BCUT2D eigenvalue weighted by atomic mass is 10.0. The Morgan fingerprint density at radius 2 is 2.38 bits per heavy atom. The zero-order valence-electron chi connectivity index (χ0n) is 9.29. The number of phenolic OH excluding ortho intramolecular Hbond substituents is 1. The maximum atomic E-state index is 11.1. The molecule has 1 unspecified atom stereocenters. The van der Waals surface area contributed by atoms with E-state index in [-0.39, 0.29) is 17.7 Å². The van der Waals surface area contributed by atoms with Gasteiger partial charge in [0.2, 0.25) is 5.91 Å². The van der Waals surface area contributed by atoms with E-state index in [1.54, 1.807) is 12.1 Å². The summed E-state index contributed by atoms with van der Waals surface area (Å²) in [7, 11) is 0. The summed E-state index contributed by atoms with van der Waals surface area (Å²) < 4.78 is 0. The second-order valence-corrected chi connectivity index (χ2v) is 4.07. The molecule has 0 spiro atoms. The Hall–Kier alpha value is -1.55. The Morgan fingerprint density at radius 1 is 1.56 bits per heavy atom. The number of aromatic hydroxyl groups is 1. The van der Waals surface area contributed by atoms with Gasteiger partial charge in [-0.25, -0.2) is 0 Å². The summed E-state index contributed by atoms with van der Waals surface area (Å²) in [6.07, 6.45) is 2.16. The van der Waals surface area contributed by atoms with Gasteiger partial charge in [0.05, 0.1) is 5.69 Å². The van der Waals surface area contributed by atoms with Crippen molar-refractivity contribution in [2.75, 3.05) is 11.9 Å². The molecule has 0 bridgehead atoms. The van der Waals surface area contributed by atoms with Crippen molar-refractivity contribution in [1.82, 2.24) is 5.32 Å². The normalized spacial score (nSPS) is 19.7. The van der Waals surface area contributed by atoms with Gasteiger partial charge in [-0.2, -0.15) is 0 Å². The fraction of sp³-hybridized carbons (Fsp3) is 0.417. The molecule has 3 N–H and O–H groups in total. The van der Waals surface area contributed by atoms with Crippen molar-refractivity contribution in [3.8, 4) is 5.75 Å². The predicted octanol–water partition coefficient (Wildman–Crippen LogP) is 1.78. The topological polar surface area (TPSA) is 61.4 Å². The Bertz CT molecular complexity index is 398. The Morgan fingerprint density at radius 3 is 3.00 bits per heavy atom. The van der Waals surface area contributed by atoms with Crippen LogP contribution in [0.15, 0.2) is 18.2 Å². The number of para-hydroxylation sites is 1. The van der Waals surface area contributed by atoms with E-state index in [1.165, 1.54) is 6.92 Å². The molecule has 16 heavy (non-hydrogen) atoms. The Kier molecular flexibility index (Phi) is 3.10. The summed E-state index contributed by atoms with van der Waals surface area (Å²) in [5.41, 5.74) is 1.50. The summed E-state index contributed by atoms with van der Waals surface area (Å²) >= 11 is 0. The van der Waals surface area contributed by atoms with E-state index in [9.17, 15) is 9.90 Å². The van der Waals surface area contributed by atoms with Crippen molar-refractivity contribution in [2.24, 2.45) is 0 Å². The number of anilines is 1. The van der Waals surface area contributed by atoms with Gasteiger partial charge in [-0.15, -0.1) is 0 Å². The van der Waals surface area contributed by atoms with Crippen LogP contribution in [-0.2, 0) is 4.79 Å². The lowest BCUT2D eigenvalue weighted by Crippen LogP contribution is -2.16. The number of rotatable bonds is 2. The molecule has 2 rings (SSSR count). The highest BCUT2D eigenvalue weighted by Crippen LogP contribution is 2.34. The number of carbonyl (C=O) groups is 1. The van der Waals surface area contributed by atoms with Gasteiger partial charge in [0.15, 0.2) is 0 Å². The van der Waals surface area contributed by atoms with Crippen LogP contribution in [0.3, 0.4) is 0 Å². The fourth-order valence-electron chi connectivity index (χ4n) is 2.11. The molecule has 0 radical (unpaired) electrons. The van der Waals surface area contributed by atoms with Gasteiger partial charge < -0.3 is 15.7 Å². The van der Waals surface area contributed by atoms with Crippen molar-refractivity contribution >= 4 is 11.6 Å². The number of carbonyl (C=O) groups excluding carboxylic acids is 1. The minimum atomic E-state index is -0.166. The predicted molar refractivity (Wildman–Crippen MR) is 62.4 cm³/mol. The molecule has 1 aromatic rings. The number of hydrogen-bond donors (Lipinski definition) is 3. The van der Waals surface area contributed by atoms with Crippen molar-refractivity contribution in [3.05, 3.63) is 23.8 Å². The van der Waals surface area contributed by atoms with Crippen molar-refractivity contribution in [1.29, 1.82) is 0 Å². The third-order valence-electron chi connectivity index (χ3n) is 2.81. The molecular formula is C12H16N2O2. The molecule has 4 nitrogen and oxygen atoms in total. The number of nitrogens with one attached hydrogen (secondary N) is 2. The largest absolute Gasteiger partial charge is 0.506 e. The monoisotopic (exact) mass is 220 g/mol. The highest BCUT2D eigenvalue weighted by atomic mass is 16.3. The van der Waals surface area contributed by atoms with E-state index >= 15 is 0 Å². The highest BCUT2D eigenvalue weighted by molar-refractivity contribution is 5.91. The SMILES string of the molecule is CC(=O)Nc1c(O)cccc1C1CCCN1. The van der Waals surface area contributed by atoms with E-state index in [0.29, 0.717) is 5.69 Å². The molecule has 0 saturated carbocycles. The number of hydrogen-bond acceptors (Lipinski definition) is 3. The third kappa shape index (κ3) is 2.17. The Labute approximate surface area is 94.7 Å². The molecule has 1 heterocycles. The van der Waals surface area contributed by atoms with Crippen LogP contribution < -0.4 is 10.6 Å². The number of amides is 1. The van der Waals surface area contributed by atoms with Gasteiger partial charge in [-0.05, 0) is 31.0 Å². The molecule has 0 aliphatic carbocycles. The van der Waals surface area contributed by atoms with Crippen molar-refractivity contribution in [2.45, 2.75) is 25.8 Å². The van der Waals surface area contributed by atoms with Gasteiger partial charge in [0.25, 0.3) is 0 Å².